The summed E-state index contributed by atoms with van der Waals surface area (Å²) in [4.78, 5) is 28.4. The van der Waals surface area contributed by atoms with Crippen LogP contribution in [0.15, 0.2) is 24.3 Å². The van der Waals surface area contributed by atoms with Crippen molar-refractivity contribution in [2.45, 2.75) is 97.7 Å². The molecule has 1 aliphatic rings. The van der Waals surface area contributed by atoms with E-state index in [1.54, 1.807) is 4.90 Å². The molecular formula is C25H41N3O4. The lowest BCUT2D eigenvalue weighted by atomic mass is 9.97. The smallest absolute Gasteiger partial charge is 0.412 e. The minimum atomic E-state index is -0.736. The maximum absolute atomic E-state index is 13.1. The summed E-state index contributed by atoms with van der Waals surface area (Å²) in [5.41, 5.74) is 0.690. The summed E-state index contributed by atoms with van der Waals surface area (Å²) in [6.07, 6.45) is 1.30. The van der Waals surface area contributed by atoms with Crippen molar-refractivity contribution in [3.63, 3.8) is 0 Å². The monoisotopic (exact) mass is 447 g/mol. The number of hydrogen-bond acceptors (Lipinski definition) is 5. The van der Waals surface area contributed by atoms with E-state index in [1.807, 2.05) is 65.8 Å². The van der Waals surface area contributed by atoms with Gasteiger partial charge in [-0.2, -0.15) is 0 Å². The molecular weight excluding hydrogens is 406 g/mol. The van der Waals surface area contributed by atoms with Crippen LogP contribution in [0.5, 0.6) is 0 Å². The molecule has 1 aromatic rings. The molecule has 0 aliphatic carbocycles. The number of anilines is 1. The van der Waals surface area contributed by atoms with Gasteiger partial charge in [-0.15, -0.1) is 0 Å². The van der Waals surface area contributed by atoms with Crippen LogP contribution in [0.4, 0.5) is 10.5 Å². The second kappa shape index (κ2) is 10.2. The number of nitrogens with zero attached hydrogens (tertiary/aromatic N) is 2. The Hall–Kier alpha value is -2.12. The van der Waals surface area contributed by atoms with E-state index >= 15 is 0 Å². The zero-order valence-corrected chi connectivity index (χ0v) is 21.2. The maximum atomic E-state index is 13.1. The third-order valence-corrected chi connectivity index (χ3v) is 5.83. The van der Waals surface area contributed by atoms with E-state index < -0.39 is 11.3 Å². The topological polar surface area (TPSA) is 71.1 Å². The molecule has 1 N–H and O–H groups in total. The molecule has 32 heavy (non-hydrogen) atoms. The molecule has 0 aromatic heterocycles. The zero-order valence-electron chi connectivity index (χ0n) is 21.2. The average Bonchev–Trinajstić information content (AvgIpc) is 2.88. The molecule has 2 amide bonds. The predicted octanol–water partition coefficient (Wildman–Crippen LogP) is 4.66. The van der Waals surface area contributed by atoms with Gasteiger partial charge in [0.15, 0.2) is 0 Å². The van der Waals surface area contributed by atoms with Gasteiger partial charge in [0.05, 0.1) is 12.1 Å². The molecule has 2 rings (SSSR count). The van der Waals surface area contributed by atoms with Crippen molar-refractivity contribution in [3.8, 4) is 0 Å². The number of likely N-dealkylation sites (N-methyl/N-ethyl adjacent to an activating group) is 1. The van der Waals surface area contributed by atoms with Crippen LogP contribution in [0.2, 0.25) is 0 Å². The quantitative estimate of drug-likeness (QED) is 0.658. The Morgan fingerprint density at radius 2 is 1.84 bits per heavy atom. The van der Waals surface area contributed by atoms with E-state index in [9.17, 15) is 9.59 Å². The molecule has 7 heteroatoms. The zero-order chi connectivity index (χ0) is 24.3. The van der Waals surface area contributed by atoms with Crippen LogP contribution in [0, 0.1) is 0 Å². The van der Waals surface area contributed by atoms with Gasteiger partial charge in [0.1, 0.15) is 11.3 Å². The van der Waals surface area contributed by atoms with Crippen molar-refractivity contribution < 1.29 is 19.1 Å². The van der Waals surface area contributed by atoms with Crippen LogP contribution < -0.4 is 5.32 Å². The number of rotatable bonds is 7. The van der Waals surface area contributed by atoms with Gasteiger partial charge in [-0.3, -0.25) is 9.69 Å². The van der Waals surface area contributed by atoms with E-state index in [4.69, 9.17) is 9.47 Å². The molecule has 1 aliphatic heterocycles. The van der Waals surface area contributed by atoms with Crippen molar-refractivity contribution >= 4 is 17.7 Å². The maximum Gasteiger partial charge on any atom is 0.412 e. The normalized spacial score (nSPS) is 21.5. The van der Waals surface area contributed by atoms with Crippen molar-refractivity contribution in [2.24, 2.45) is 0 Å². The summed E-state index contributed by atoms with van der Waals surface area (Å²) in [7, 11) is 2.10. The van der Waals surface area contributed by atoms with Crippen LogP contribution in [-0.2, 0) is 20.7 Å². The van der Waals surface area contributed by atoms with Crippen LogP contribution >= 0.6 is 0 Å². The first-order chi connectivity index (χ1) is 14.7. The number of ether oxygens (including phenoxy) is 2. The van der Waals surface area contributed by atoms with Crippen molar-refractivity contribution in [3.05, 3.63) is 29.8 Å². The highest BCUT2D eigenvalue weighted by molar-refractivity contribution is 5.88. The largest absolute Gasteiger partial charge is 0.444 e. The fourth-order valence-electron chi connectivity index (χ4n) is 4.53. The molecule has 1 unspecified atom stereocenters. The summed E-state index contributed by atoms with van der Waals surface area (Å²) in [6.45, 7) is 16.0. The molecule has 1 fully saturated rings. The van der Waals surface area contributed by atoms with Crippen molar-refractivity contribution in [2.75, 3.05) is 18.9 Å². The first-order valence-corrected chi connectivity index (χ1v) is 11.5. The van der Waals surface area contributed by atoms with Crippen LogP contribution in [0.1, 0.15) is 67.4 Å². The molecule has 0 radical (unpaired) electrons. The molecule has 0 spiro atoms. The Kier molecular flexibility index (Phi) is 8.34. The summed E-state index contributed by atoms with van der Waals surface area (Å²) in [5, 5.41) is 2.79. The minimum absolute atomic E-state index is 0.0753. The predicted molar refractivity (Wildman–Crippen MR) is 128 cm³/mol. The van der Waals surface area contributed by atoms with Gasteiger partial charge in [-0.1, -0.05) is 19.1 Å². The number of carbonyl (C=O) groups is 2. The lowest BCUT2D eigenvalue weighted by molar-refractivity contribution is -0.114. The average molecular weight is 448 g/mol. The molecule has 0 saturated carbocycles. The number of benzene rings is 1. The van der Waals surface area contributed by atoms with Crippen LogP contribution in [0.25, 0.3) is 0 Å². The van der Waals surface area contributed by atoms with Gasteiger partial charge in [-0.25, -0.2) is 4.79 Å². The summed E-state index contributed by atoms with van der Waals surface area (Å²) < 4.78 is 12.0. The Balaban J connectivity index is 2.13. The second-order valence-electron chi connectivity index (χ2n) is 10.2. The fourth-order valence-corrected chi connectivity index (χ4v) is 4.53. The lowest BCUT2D eigenvalue weighted by Gasteiger charge is -2.40. The van der Waals surface area contributed by atoms with E-state index in [2.05, 4.69) is 24.2 Å². The van der Waals surface area contributed by atoms with Gasteiger partial charge < -0.3 is 19.7 Å². The summed E-state index contributed by atoms with van der Waals surface area (Å²) in [6, 6.07) is 7.94. The van der Waals surface area contributed by atoms with E-state index in [0.717, 1.165) is 25.1 Å². The number of amides is 2. The first-order valence-electron chi connectivity index (χ1n) is 11.5. The van der Waals surface area contributed by atoms with Crippen LogP contribution in [-0.4, -0.2) is 64.9 Å². The molecule has 0 bridgehead atoms. The summed E-state index contributed by atoms with van der Waals surface area (Å²) in [5.74, 6) is -0.0753. The molecule has 1 saturated heterocycles. The highest BCUT2D eigenvalue weighted by atomic mass is 16.6. The van der Waals surface area contributed by atoms with E-state index in [0.29, 0.717) is 0 Å². The van der Waals surface area contributed by atoms with Gasteiger partial charge >= 0.3 is 6.09 Å². The molecule has 1 aromatic carbocycles. The van der Waals surface area contributed by atoms with Gasteiger partial charge in [0, 0.05) is 25.2 Å². The second-order valence-corrected chi connectivity index (χ2v) is 10.2. The Bertz CT molecular complexity index is 785. The highest BCUT2D eigenvalue weighted by Crippen LogP contribution is 2.37. The Morgan fingerprint density at radius 3 is 2.34 bits per heavy atom. The third kappa shape index (κ3) is 6.69. The van der Waals surface area contributed by atoms with Crippen molar-refractivity contribution in [1.29, 1.82) is 0 Å². The number of carbonyl (C=O) groups excluding carboxylic acids is 2. The molecule has 3 atom stereocenters. The van der Waals surface area contributed by atoms with Gasteiger partial charge in [0.25, 0.3) is 0 Å². The van der Waals surface area contributed by atoms with Gasteiger partial charge in [-0.05, 0) is 79.1 Å². The number of nitrogens with one attached hydrogen (secondary N) is 1. The minimum Gasteiger partial charge on any atom is -0.444 e. The Morgan fingerprint density at radius 1 is 1.25 bits per heavy atom. The SMILES string of the molecule is CCC([C@H]1[C@H](C)OC(C)(C)N1C(=O)OC(C)(C)C)N(C)CCc1ccc(NC(C)=O)cc1. The van der Waals surface area contributed by atoms with Crippen LogP contribution in [0.3, 0.4) is 0 Å². The lowest BCUT2D eigenvalue weighted by Crippen LogP contribution is -2.57. The summed E-state index contributed by atoms with van der Waals surface area (Å²) >= 11 is 0. The fraction of sp³-hybridized carbons (Fsp3) is 0.680. The van der Waals surface area contributed by atoms with E-state index in [-0.39, 0.29) is 30.2 Å². The Labute approximate surface area is 193 Å². The molecule has 1 heterocycles. The van der Waals surface area contributed by atoms with Gasteiger partial charge in [0.2, 0.25) is 5.91 Å². The van der Waals surface area contributed by atoms with E-state index in [1.165, 1.54) is 12.5 Å². The highest BCUT2D eigenvalue weighted by Gasteiger charge is 2.52. The molecule has 180 valence electrons. The van der Waals surface area contributed by atoms with Crippen molar-refractivity contribution in [1.82, 2.24) is 9.80 Å². The first kappa shape index (κ1) is 26.1. The third-order valence-electron chi connectivity index (χ3n) is 5.83. The number of hydrogen-bond donors (Lipinski definition) is 1. The molecule has 7 nitrogen and oxygen atoms in total. The standard InChI is InChI=1S/C25H41N3O4/c1-10-21(27(9)16-15-19-11-13-20(14-12-19)26-18(3)29)22-17(2)31-25(7,8)28(22)23(30)32-24(4,5)6/h11-14,17,21-22H,10,15-16H2,1-9H3,(H,26,29)/t17-,21?,22+/m0/s1.